The average molecular weight is 331 g/mol. The zero-order valence-electron chi connectivity index (χ0n) is 14.5. The van der Waals surface area contributed by atoms with Gasteiger partial charge in [0.15, 0.2) is 0 Å². The summed E-state index contributed by atoms with van der Waals surface area (Å²) in [6.07, 6.45) is 5.78. The molecule has 2 amide bonds. The van der Waals surface area contributed by atoms with Gasteiger partial charge in [0, 0.05) is 38.0 Å². The lowest BCUT2D eigenvalue weighted by molar-refractivity contribution is 0.0447. The zero-order chi connectivity index (χ0) is 16.6. The summed E-state index contributed by atoms with van der Waals surface area (Å²) in [5.74, 6) is 0. The quantitative estimate of drug-likeness (QED) is 0.901. The second kappa shape index (κ2) is 9.04. The number of hydrogen-bond donors (Lipinski definition) is 1. The number of para-hydroxylation sites is 1. The summed E-state index contributed by atoms with van der Waals surface area (Å²) in [7, 11) is 0. The van der Waals surface area contributed by atoms with Crippen LogP contribution in [0.2, 0.25) is 0 Å². The van der Waals surface area contributed by atoms with Crippen LogP contribution in [0, 0.1) is 0 Å². The minimum Gasteiger partial charge on any atom is -0.381 e. The molecule has 1 aromatic carbocycles. The molecule has 5 nitrogen and oxygen atoms in total. The first kappa shape index (κ1) is 17.2. The van der Waals surface area contributed by atoms with Crippen LogP contribution < -0.4 is 5.32 Å². The van der Waals surface area contributed by atoms with Crippen molar-refractivity contribution in [1.29, 1.82) is 0 Å². The number of urea groups is 1. The Morgan fingerprint density at radius 1 is 1.12 bits per heavy atom. The zero-order valence-corrected chi connectivity index (χ0v) is 14.5. The van der Waals surface area contributed by atoms with Crippen LogP contribution in [0.1, 0.15) is 32.1 Å². The molecular formula is C19H29N3O2. The Balaban J connectivity index is 1.60. The molecule has 132 valence electrons. The molecule has 24 heavy (non-hydrogen) atoms. The standard InChI is InChI=1S/C19H29N3O2/c23-19(20-17-7-3-1-4-8-17)22(18-9-15-24-16-10-18)14-13-21-11-5-2-6-12-21/h1,3-4,7-8,18H,2,5-6,9-16H2,(H,20,23). The van der Waals surface area contributed by atoms with Gasteiger partial charge in [-0.1, -0.05) is 24.6 Å². The van der Waals surface area contributed by atoms with Gasteiger partial charge in [0.1, 0.15) is 0 Å². The van der Waals surface area contributed by atoms with E-state index in [4.69, 9.17) is 4.74 Å². The van der Waals surface area contributed by atoms with Gasteiger partial charge < -0.3 is 19.9 Å². The van der Waals surface area contributed by atoms with Crippen molar-refractivity contribution in [2.75, 3.05) is 44.7 Å². The first-order valence-corrected chi connectivity index (χ1v) is 9.26. The van der Waals surface area contributed by atoms with Gasteiger partial charge in [-0.05, 0) is 50.9 Å². The Kier molecular flexibility index (Phi) is 6.49. The summed E-state index contributed by atoms with van der Waals surface area (Å²) in [4.78, 5) is 17.4. The maximum atomic E-state index is 12.8. The van der Waals surface area contributed by atoms with Gasteiger partial charge in [0.05, 0.1) is 0 Å². The summed E-state index contributed by atoms with van der Waals surface area (Å²) in [6, 6.07) is 10.0. The van der Waals surface area contributed by atoms with Crippen LogP contribution in [0.3, 0.4) is 0 Å². The summed E-state index contributed by atoms with van der Waals surface area (Å²) >= 11 is 0. The lowest BCUT2D eigenvalue weighted by Gasteiger charge is -2.36. The molecule has 0 saturated carbocycles. The summed E-state index contributed by atoms with van der Waals surface area (Å²) < 4.78 is 5.47. The van der Waals surface area contributed by atoms with E-state index in [9.17, 15) is 4.79 Å². The van der Waals surface area contributed by atoms with E-state index < -0.39 is 0 Å². The monoisotopic (exact) mass is 331 g/mol. The fraction of sp³-hybridized carbons (Fsp3) is 0.632. The molecule has 3 rings (SSSR count). The number of amides is 2. The van der Waals surface area contributed by atoms with Crippen LogP contribution in [-0.2, 0) is 4.74 Å². The van der Waals surface area contributed by atoms with Gasteiger partial charge in [0.25, 0.3) is 0 Å². The molecule has 0 unspecified atom stereocenters. The van der Waals surface area contributed by atoms with Crippen molar-refractivity contribution in [2.45, 2.75) is 38.1 Å². The Morgan fingerprint density at radius 2 is 1.83 bits per heavy atom. The molecule has 2 heterocycles. The van der Waals surface area contributed by atoms with Crippen LogP contribution in [0.4, 0.5) is 10.5 Å². The van der Waals surface area contributed by atoms with Crippen LogP contribution in [0.15, 0.2) is 30.3 Å². The van der Waals surface area contributed by atoms with Crippen molar-refractivity contribution in [2.24, 2.45) is 0 Å². The largest absolute Gasteiger partial charge is 0.381 e. The highest BCUT2D eigenvalue weighted by Crippen LogP contribution is 2.17. The third-order valence-corrected chi connectivity index (χ3v) is 5.02. The van der Waals surface area contributed by atoms with Gasteiger partial charge in [-0.15, -0.1) is 0 Å². The lowest BCUT2D eigenvalue weighted by atomic mass is 10.1. The number of ether oxygens (including phenoxy) is 1. The Labute approximate surface area is 145 Å². The van der Waals surface area contributed by atoms with Crippen molar-refractivity contribution in [1.82, 2.24) is 9.80 Å². The maximum absolute atomic E-state index is 12.8. The van der Waals surface area contributed by atoms with Gasteiger partial charge in [0.2, 0.25) is 0 Å². The van der Waals surface area contributed by atoms with Gasteiger partial charge in [-0.3, -0.25) is 0 Å². The first-order chi connectivity index (χ1) is 11.8. The number of rotatable bonds is 5. The van der Waals surface area contributed by atoms with Crippen LogP contribution in [-0.4, -0.2) is 61.3 Å². The third-order valence-electron chi connectivity index (χ3n) is 5.02. The molecular weight excluding hydrogens is 302 g/mol. The van der Waals surface area contributed by atoms with Gasteiger partial charge in [-0.25, -0.2) is 4.79 Å². The molecule has 5 heteroatoms. The molecule has 0 bridgehead atoms. The predicted molar refractivity (Wildman–Crippen MR) is 96.3 cm³/mol. The van der Waals surface area contributed by atoms with Crippen molar-refractivity contribution >= 4 is 11.7 Å². The smallest absolute Gasteiger partial charge is 0.322 e. The fourth-order valence-electron chi connectivity index (χ4n) is 3.60. The summed E-state index contributed by atoms with van der Waals surface area (Å²) in [6.45, 7) is 5.61. The van der Waals surface area contributed by atoms with E-state index in [1.807, 2.05) is 35.2 Å². The Morgan fingerprint density at radius 3 is 2.54 bits per heavy atom. The first-order valence-electron chi connectivity index (χ1n) is 9.26. The number of piperidine rings is 1. The van der Waals surface area contributed by atoms with E-state index in [1.54, 1.807) is 0 Å². The molecule has 0 radical (unpaired) electrons. The predicted octanol–water partition coefficient (Wildman–Crippen LogP) is 3.19. The normalized spacial score (nSPS) is 19.8. The highest BCUT2D eigenvalue weighted by atomic mass is 16.5. The average Bonchev–Trinajstić information content (AvgIpc) is 2.64. The molecule has 2 fully saturated rings. The van der Waals surface area contributed by atoms with Crippen molar-refractivity contribution in [3.8, 4) is 0 Å². The number of benzene rings is 1. The topological polar surface area (TPSA) is 44.8 Å². The lowest BCUT2D eigenvalue weighted by Crippen LogP contribution is -2.49. The highest BCUT2D eigenvalue weighted by Gasteiger charge is 2.26. The second-order valence-electron chi connectivity index (χ2n) is 6.74. The number of anilines is 1. The molecule has 0 spiro atoms. The minimum atomic E-state index is 0.0186. The van der Waals surface area contributed by atoms with Crippen LogP contribution >= 0.6 is 0 Å². The molecule has 0 atom stereocenters. The van der Waals surface area contributed by atoms with E-state index >= 15 is 0 Å². The minimum absolute atomic E-state index is 0.0186. The van der Waals surface area contributed by atoms with Crippen LogP contribution in [0.25, 0.3) is 0 Å². The number of carbonyl (C=O) groups excluding carboxylic acids is 1. The molecule has 0 aliphatic carbocycles. The second-order valence-corrected chi connectivity index (χ2v) is 6.74. The van der Waals surface area contributed by atoms with Gasteiger partial charge in [-0.2, -0.15) is 0 Å². The SMILES string of the molecule is O=C(Nc1ccccc1)N(CCN1CCCCC1)C1CCOCC1. The summed E-state index contributed by atoms with van der Waals surface area (Å²) in [5, 5.41) is 3.05. The number of nitrogens with zero attached hydrogens (tertiary/aromatic N) is 2. The molecule has 2 aliphatic heterocycles. The molecule has 2 saturated heterocycles. The Hall–Kier alpha value is -1.59. The molecule has 1 N–H and O–H groups in total. The van der Waals surface area contributed by atoms with Crippen molar-refractivity contribution in [3.05, 3.63) is 30.3 Å². The van der Waals surface area contributed by atoms with E-state index in [0.29, 0.717) is 0 Å². The Bertz CT molecular complexity index is 497. The van der Waals surface area contributed by atoms with E-state index in [-0.39, 0.29) is 12.1 Å². The van der Waals surface area contributed by atoms with Crippen molar-refractivity contribution in [3.63, 3.8) is 0 Å². The third kappa shape index (κ3) is 4.95. The van der Waals surface area contributed by atoms with E-state index in [2.05, 4.69) is 10.2 Å². The molecule has 0 aromatic heterocycles. The maximum Gasteiger partial charge on any atom is 0.322 e. The van der Waals surface area contributed by atoms with Crippen molar-refractivity contribution < 1.29 is 9.53 Å². The van der Waals surface area contributed by atoms with Gasteiger partial charge >= 0.3 is 6.03 Å². The van der Waals surface area contributed by atoms with E-state index in [1.165, 1.54) is 32.4 Å². The number of carbonyl (C=O) groups is 1. The van der Waals surface area contributed by atoms with Crippen LogP contribution in [0.5, 0.6) is 0 Å². The number of nitrogens with one attached hydrogen (secondary N) is 1. The molecule has 2 aliphatic rings. The molecule has 1 aromatic rings. The fourth-order valence-corrected chi connectivity index (χ4v) is 3.60. The summed E-state index contributed by atoms with van der Waals surface area (Å²) in [5.41, 5.74) is 0.859. The van der Waals surface area contributed by atoms with E-state index in [0.717, 1.165) is 44.8 Å². The number of hydrogen-bond acceptors (Lipinski definition) is 3. The highest BCUT2D eigenvalue weighted by molar-refractivity contribution is 5.89. The number of likely N-dealkylation sites (tertiary alicyclic amines) is 1.